The van der Waals surface area contributed by atoms with Crippen LogP contribution in [0, 0.1) is 5.92 Å². The molecule has 1 aromatic rings. The number of carbonyl (C=O) groups is 2. The van der Waals surface area contributed by atoms with E-state index in [0.717, 1.165) is 12.8 Å². The molecule has 0 heterocycles. The van der Waals surface area contributed by atoms with Gasteiger partial charge in [-0.3, -0.25) is 0 Å². The number of ether oxygens (including phenoxy) is 2. The van der Waals surface area contributed by atoms with Gasteiger partial charge in [-0.15, -0.1) is 0 Å². The molecule has 0 N–H and O–H groups in total. The molecular formula is C24H38O4. The zero-order chi connectivity index (χ0) is 20.6. The summed E-state index contributed by atoms with van der Waals surface area (Å²) in [7, 11) is 0. The maximum absolute atomic E-state index is 12.1. The van der Waals surface area contributed by atoms with Gasteiger partial charge in [0.25, 0.3) is 0 Å². The number of hydrogen-bond donors (Lipinski definition) is 0. The molecule has 0 radical (unpaired) electrons. The summed E-state index contributed by atoms with van der Waals surface area (Å²) in [4.78, 5) is 23.9. The minimum Gasteiger partial charge on any atom is -0.462 e. The molecule has 0 spiro atoms. The highest BCUT2D eigenvalue weighted by atomic mass is 16.5. The number of esters is 2. The second kappa shape index (κ2) is 15.1. The lowest BCUT2D eigenvalue weighted by Gasteiger charge is -2.08. The van der Waals surface area contributed by atoms with Gasteiger partial charge in [0.15, 0.2) is 0 Å². The summed E-state index contributed by atoms with van der Waals surface area (Å²) >= 11 is 0. The molecule has 0 saturated carbocycles. The van der Waals surface area contributed by atoms with E-state index in [0.29, 0.717) is 30.3 Å². The van der Waals surface area contributed by atoms with Crippen LogP contribution in [0.15, 0.2) is 24.3 Å². The lowest BCUT2D eigenvalue weighted by Crippen LogP contribution is -2.11. The van der Waals surface area contributed by atoms with Crippen molar-refractivity contribution < 1.29 is 19.1 Å². The summed E-state index contributed by atoms with van der Waals surface area (Å²) in [5, 5.41) is 0. The Labute approximate surface area is 171 Å². The van der Waals surface area contributed by atoms with Crippen molar-refractivity contribution in [2.24, 2.45) is 5.92 Å². The summed E-state index contributed by atoms with van der Waals surface area (Å²) in [5.74, 6) is -0.402. The van der Waals surface area contributed by atoms with Crippen molar-refractivity contribution in [3.63, 3.8) is 0 Å². The molecule has 0 bridgehead atoms. The molecular weight excluding hydrogens is 352 g/mol. The molecule has 1 aromatic carbocycles. The average molecular weight is 391 g/mol. The zero-order valence-corrected chi connectivity index (χ0v) is 18.0. The molecule has 0 aliphatic rings. The van der Waals surface area contributed by atoms with Crippen LogP contribution >= 0.6 is 0 Å². The van der Waals surface area contributed by atoms with Gasteiger partial charge in [-0.25, -0.2) is 9.59 Å². The Kier molecular flexibility index (Phi) is 13.1. The molecule has 0 unspecified atom stereocenters. The van der Waals surface area contributed by atoms with Gasteiger partial charge < -0.3 is 9.47 Å². The molecule has 0 aliphatic heterocycles. The van der Waals surface area contributed by atoms with Crippen molar-refractivity contribution in [1.82, 2.24) is 0 Å². The van der Waals surface area contributed by atoms with E-state index in [-0.39, 0.29) is 11.9 Å². The van der Waals surface area contributed by atoms with Crippen LogP contribution in [0.2, 0.25) is 0 Å². The smallest absolute Gasteiger partial charge is 0.338 e. The highest BCUT2D eigenvalue weighted by molar-refractivity contribution is 5.93. The van der Waals surface area contributed by atoms with E-state index in [4.69, 9.17) is 9.47 Å². The molecule has 0 saturated heterocycles. The van der Waals surface area contributed by atoms with Crippen LogP contribution in [0.1, 0.15) is 106 Å². The second-order valence-corrected chi connectivity index (χ2v) is 7.89. The Balaban J connectivity index is 2.13. The van der Waals surface area contributed by atoms with E-state index in [1.54, 1.807) is 24.3 Å². The Bertz CT molecular complexity index is 548. The molecule has 0 fully saturated rings. The van der Waals surface area contributed by atoms with Crippen LogP contribution in [-0.4, -0.2) is 25.2 Å². The first-order valence-corrected chi connectivity index (χ1v) is 11.0. The first-order valence-electron chi connectivity index (χ1n) is 11.0. The van der Waals surface area contributed by atoms with Crippen molar-refractivity contribution in [2.45, 2.75) is 85.0 Å². The summed E-state index contributed by atoms with van der Waals surface area (Å²) in [6.45, 7) is 7.06. The summed E-state index contributed by atoms with van der Waals surface area (Å²) in [6, 6.07) is 6.46. The SMILES string of the molecule is CCCCCCCCCCCCOC(=O)c1ccc(C(=O)OCC(C)C)cc1. The number of carbonyl (C=O) groups excluding carboxylic acids is 2. The predicted octanol–water partition coefficient (Wildman–Crippen LogP) is 6.58. The van der Waals surface area contributed by atoms with E-state index in [2.05, 4.69) is 6.92 Å². The number of benzene rings is 1. The quantitative estimate of drug-likeness (QED) is 0.251. The lowest BCUT2D eigenvalue weighted by atomic mass is 10.1. The standard InChI is InChI=1S/C24H38O4/c1-4-5-6-7-8-9-10-11-12-13-18-27-23(25)21-14-16-22(17-15-21)24(26)28-19-20(2)3/h14-17,20H,4-13,18-19H2,1-3H3. The monoisotopic (exact) mass is 390 g/mol. The maximum Gasteiger partial charge on any atom is 0.338 e. The van der Waals surface area contributed by atoms with Gasteiger partial charge in [0.2, 0.25) is 0 Å². The summed E-state index contributed by atoms with van der Waals surface area (Å²) in [6.07, 6.45) is 12.5. The fourth-order valence-electron chi connectivity index (χ4n) is 2.91. The van der Waals surface area contributed by atoms with Gasteiger partial charge >= 0.3 is 11.9 Å². The fourth-order valence-corrected chi connectivity index (χ4v) is 2.91. The van der Waals surface area contributed by atoms with Crippen molar-refractivity contribution >= 4 is 11.9 Å². The highest BCUT2D eigenvalue weighted by Gasteiger charge is 2.11. The Morgan fingerprint density at radius 1 is 0.714 bits per heavy atom. The Morgan fingerprint density at radius 3 is 1.61 bits per heavy atom. The van der Waals surface area contributed by atoms with E-state index in [1.807, 2.05) is 13.8 Å². The van der Waals surface area contributed by atoms with E-state index >= 15 is 0 Å². The van der Waals surface area contributed by atoms with Crippen molar-refractivity contribution in [2.75, 3.05) is 13.2 Å². The Morgan fingerprint density at radius 2 is 1.14 bits per heavy atom. The van der Waals surface area contributed by atoms with Gasteiger partial charge in [0.1, 0.15) is 0 Å². The minimum absolute atomic E-state index is 0.295. The second-order valence-electron chi connectivity index (χ2n) is 7.89. The van der Waals surface area contributed by atoms with E-state index in [9.17, 15) is 9.59 Å². The third kappa shape index (κ3) is 11.1. The first kappa shape index (κ1) is 24.2. The van der Waals surface area contributed by atoms with Gasteiger partial charge in [-0.2, -0.15) is 0 Å². The van der Waals surface area contributed by atoms with E-state index < -0.39 is 0 Å². The number of hydrogen-bond acceptors (Lipinski definition) is 4. The average Bonchev–Trinajstić information content (AvgIpc) is 2.70. The van der Waals surface area contributed by atoms with Crippen LogP contribution in [-0.2, 0) is 9.47 Å². The van der Waals surface area contributed by atoms with E-state index in [1.165, 1.54) is 51.4 Å². The molecule has 0 atom stereocenters. The third-order valence-electron chi connectivity index (χ3n) is 4.64. The fraction of sp³-hybridized carbons (Fsp3) is 0.667. The zero-order valence-electron chi connectivity index (χ0n) is 18.0. The van der Waals surface area contributed by atoms with Crippen LogP contribution in [0.3, 0.4) is 0 Å². The number of rotatable bonds is 15. The van der Waals surface area contributed by atoms with Crippen LogP contribution in [0.4, 0.5) is 0 Å². The van der Waals surface area contributed by atoms with Crippen molar-refractivity contribution in [3.05, 3.63) is 35.4 Å². The molecule has 28 heavy (non-hydrogen) atoms. The molecule has 0 aliphatic carbocycles. The van der Waals surface area contributed by atoms with Crippen LogP contribution in [0.5, 0.6) is 0 Å². The lowest BCUT2D eigenvalue weighted by molar-refractivity contribution is 0.0454. The maximum atomic E-state index is 12.1. The van der Waals surface area contributed by atoms with Gasteiger partial charge in [-0.05, 0) is 36.6 Å². The molecule has 0 aromatic heterocycles. The largest absolute Gasteiger partial charge is 0.462 e. The minimum atomic E-state index is -0.362. The first-order chi connectivity index (χ1) is 13.5. The van der Waals surface area contributed by atoms with Gasteiger partial charge in [-0.1, -0.05) is 78.6 Å². The van der Waals surface area contributed by atoms with Crippen LogP contribution < -0.4 is 0 Å². The number of unbranched alkanes of at least 4 members (excludes halogenated alkanes) is 9. The van der Waals surface area contributed by atoms with Crippen molar-refractivity contribution in [1.29, 1.82) is 0 Å². The molecule has 0 amide bonds. The highest BCUT2D eigenvalue weighted by Crippen LogP contribution is 2.12. The van der Waals surface area contributed by atoms with Crippen LogP contribution in [0.25, 0.3) is 0 Å². The Hall–Kier alpha value is -1.84. The molecule has 158 valence electrons. The molecule has 1 rings (SSSR count). The molecule has 4 nitrogen and oxygen atoms in total. The topological polar surface area (TPSA) is 52.6 Å². The third-order valence-corrected chi connectivity index (χ3v) is 4.64. The van der Waals surface area contributed by atoms with Crippen molar-refractivity contribution in [3.8, 4) is 0 Å². The molecule has 4 heteroatoms. The summed E-state index contributed by atoms with van der Waals surface area (Å²) < 4.78 is 10.5. The summed E-state index contributed by atoms with van der Waals surface area (Å²) in [5.41, 5.74) is 0.916. The van der Waals surface area contributed by atoms with Gasteiger partial charge in [0, 0.05) is 0 Å². The van der Waals surface area contributed by atoms with Gasteiger partial charge in [0.05, 0.1) is 24.3 Å². The predicted molar refractivity (Wildman–Crippen MR) is 114 cm³/mol. The normalized spacial score (nSPS) is 10.9.